The van der Waals surface area contributed by atoms with E-state index in [0.717, 1.165) is 11.1 Å². The Kier molecular flexibility index (Phi) is 3.23. The fraction of sp³-hybridized carbons (Fsp3) is 0.188. The summed E-state index contributed by atoms with van der Waals surface area (Å²) in [5.74, 6) is 0.625. The smallest absolute Gasteiger partial charge is 0.189 e. The molecule has 2 aromatic carbocycles. The number of carbonyl (C=O) groups is 1. The minimum Gasteiger partial charge on any atom is -0.475 e. The van der Waals surface area contributed by atoms with Crippen molar-refractivity contribution >= 4 is 29.0 Å². The Hall–Kier alpha value is -1.51. The van der Waals surface area contributed by atoms with Gasteiger partial charge in [-0.05, 0) is 13.0 Å². The molecule has 0 amide bonds. The van der Waals surface area contributed by atoms with Crippen LogP contribution in [0.15, 0.2) is 42.5 Å². The minimum atomic E-state index is -0.981. The van der Waals surface area contributed by atoms with Crippen LogP contribution in [0.2, 0.25) is 10.0 Å². The number of hydrogen-bond acceptors (Lipinski definition) is 2. The van der Waals surface area contributed by atoms with Crippen LogP contribution in [0.4, 0.5) is 0 Å². The van der Waals surface area contributed by atoms with E-state index in [1.165, 1.54) is 0 Å². The average Bonchev–Trinajstić information content (AvgIpc) is 2.44. The molecule has 0 saturated heterocycles. The van der Waals surface area contributed by atoms with Gasteiger partial charge >= 0.3 is 0 Å². The summed E-state index contributed by atoms with van der Waals surface area (Å²) in [6.45, 7) is 1.79. The van der Waals surface area contributed by atoms with Crippen molar-refractivity contribution in [3.05, 3.63) is 63.6 Å². The number of rotatable bonds is 1. The standard InChI is InChI=1S/C16H12Cl2O2/c1-16(11-5-3-2-4-6-11)15(19)8-10-7-12(17)13(18)9-14(10)20-16/h2-7,9H,8H2,1H3. The van der Waals surface area contributed by atoms with Gasteiger partial charge in [-0.2, -0.15) is 0 Å². The lowest BCUT2D eigenvalue weighted by atomic mass is 9.85. The van der Waals surface area contributed by atoms with Crippen LogP contribution >= 0.6 is 23.2 Å². The average molecular weight is 307 g/mol. The Morgan fingerprint density at radius 3 is 2.45 bits per heavy atom. The van der Waals surface area contributed by atoms with Crippen molar-refractivity contribution in [2.75, 3.05) is 0 Å². The molecule has 2 nitrogen and oxygen atoms in total. The van der Waals surface area contributed by atoms with Crippen LogP contribution in [-0.4, -0.2) is 5.78 Å². The van der Waals surface area contributed by atoms with Gasteiger partial charge in [-0.1, -0.05) is 53.5 Å². The number of ketones is 1. The van der Waals surface area contributed by atoms with E-state index >= 15 is 0 Å². The zero-order chi connectivity index (χ0) is 14.3. The highest BCUT2D eigenvalue weighted by molar-refractivity contribution is 6.42. The summed E-state index contributed by atoms with van der Waals surface area (Å²) in [7, 11) is 0. The Morgan fingerprint density at radius 2 is 1.75 bits per heavy atom. The molecule has 1 aliphatic rings. The highest BCUT2D eigenvalue weighted by Gasteiger charge is 2.41. The molecule has 1 aliphatic heterocycles. The van der Waals surface area contributed by atoms with E-state index in [4.69, 9.17) is 27.9 Å². The van der Waals surface area contributed by atoms with Crippen molar-refractivity contribution in [3.8, 4) is 5.75 Å². The molecule has 3 rings (SSSR count). The van der Waals surface area contributed by atoms with Crippen LogP contribution in [0.1, 0.15) is 18.1 Å². The van der Waals surface area contributed by atoms with E-state index in [1.54, 1.807) is 19.1 Å². The predicted octanol–water partition coefficient (Wildman–Crippen LogP) is 4.41. The molecule has 102 valence electrons. The molecule has 1 unspecified atom stereocenters. The van der Waals surface area contributed by atoms with Gasteiger partial charge in [-0.3, -0.25) is 4.79 Å². The van der Waals surface area contributed by atoms with E-state index in [-0.39, 0.29) is 12.2 Å². The molecule has 0 N–H and O–H groups in total. The molecule has 1 heterocycles. The van der Waals surface area contributed by atoms with E-state index in [0.29, 0.717) is 15.8 Å². The lowest BCUT2D eigenvalue weighted by molar-refractivity contribution is -0.135. The highest BCUT2D eigenvalue weighted by Crippen LogP contribution is 2.40. The van der Waals surface area contributed by atoms with E-state index < -0.39 is 5.60 Å². The van der Waals surface area contributed by atoms with Crippen LogP contribution in [0, 0.1) is 0 Å². The number of carbonyl (C=O) groups excluding carboxylic acids is 1. The van der Waals surface area contributed by atoms with Gasteiger partial charge < -0.3 is 4.74 Å². The zero-order valence-electron chi connectivity index (χ0n) is 10.8. The lowest BCUT2D eigenvalue weighted by Crippen LogP contribution is -2.42. The van der Waals surface area contributed by atoms with Crippen LogP contribution in [0.25, 0.3) is 0 Å². The molecular weight excluding hydrogens is 295 g/mol. The van der Waals surface area contributed by atoms with Crippen molar-refractivity contribution in [2.45, 2.75) is 18.9 Å². The Morgan fingerprint density at radius 1 is 1.10 bits per heavy atom. The first-order valence-corrected chi connectivity index (χ1v) is 7.02. The third-order valence-electron chi connectivity index (χ3n) is 3.63. The van der Waals surface area contributed by atoms with Crippen LogP contribution in [0.3, 0.4) is 0 Å². The van der Waals surface area contributed by atoms with Gasteiger partial charge in [0.05, 0.1) is 10.0 Å². The van der Waals surface area contributed by atoms with E-state index in [9.17, 15) is 4.79 Å². The predicted molar refractivity (Wildman–Crippen MR) is 79.6 cm³/mol. The lowest BCUT2D eigenvalue weighted by Gasteiger charge is -2.34. The Bertz CT molecular complexity index is 682. The third kappa shape index (κ3) is 2.09. The largest absolute Gasteiger partial charge is 0.475 e. The molecular formula is C16H12Cl2O2. The second-order valence-electron chi connectivity index (χ2n) is 4.98. The summed E-state index contributed by atoms with van der Waals surface area (Å²) in [6, 6.07) is 12.8. The van der Waals surface area contributed by atoms with Crippen LogP contribution in [0.5, 0.6) is 5.75 Å². The normalized spacial score (nSPS) is 21.2. The number of fused-ring (bicyclic) bond motifs is 1. The van der Waals surface area contributed by atoms with E-state index in [2.05, 4.69) is 0 Å². The maximum atomic E-state index is 12.5. The Labute approximate surface area is 127 Å². The number of hydrogen-bond donors (Lipinski definition) is 0. The first-order chi connectivity index (χ1) is 9.50. The molecule has 0 radical (unpaired) electrons. The monoisotopic (exact) mass is 306 g/mol. The second-order valence-corrected chi connectivity index (χ2v) is 5.79. The summed E-state index contributed by atoms with van der Waals surface area (Å²) >= 11 is 12.0. The van der Waals surface area contributed by atoms with Crippen molar-refractivity contribution in [2.24, 2.45) is 0 Å². The van der Waals surface area contributed by atoms with Crippen LogP contribution < -0.4 is 4.74 Å². The van der Waals surface area contributed by atoms with Gasteiger partial charge in [0.1, 0.15) is 5.75 Å². The van der Waals surface area contributed by atoms with Gasteiger partial charge in [0.25, 0.3) is 0 Å². The maximum Gasteiger partial charge on any atom is 0.189 e. The van der Waals surface area contributed by atoms with Crippen molar-refractivity contribution in [1.29, 1.82) is 0 Å². The summed E-state index contributed by atoms with van der Waals surface area (Å²) in [5, 5.41) is 0.861. The summed E-state index contributed by atoms with van der Waals surface area (Å²) in [4.78, 5) is 12.5. The molecule has 0 saturated carbocycles. The quantitative estimate of drug-likeness (QED) is 0.780. The summed E-state index contributed by atoms with van der Waals surface area (Å²) in [6.07, 6.45) is 0.289. The van der Waals surface area contributed by atoms with Crippen molar-refractivity contribution in [1.82, 2.24) is 0 Å². The molecule has 0 aromatic heterocycles. The zero-order valence-corrected chi connectivity index (χ0v) is 12.3. The maximum absolute atomic E-state index is 12.5. The van der Waals surface area contributed by atoms with Crippen molar-refractivity contribution in [3.63, 3.8) is 0 Å². The number of benzene rings is 2. The van der Waals surface area contributed by atoms with E-state index in [1.807, 2.05) is 30.3 Å². The first-order valence-electron chi connectivity index (χ1n) is 6.26. The first kappa shape index (κ1) is 13.5. The van der Waals surface area contributed by atoms with Gasteiger partial charge in [0, 0.05) is 23.6 Å². The number of Topliss-reactive ketones (excluding diaryl/α,β-unsaturated/α-hetero) is 1. The van der Waals surface area contributed by atoms with Crippen LogP contribution in [-0.2, 0) is 16.8 Å². The summed E-state index contributed by atoms with van der Waals surface area (Å²) < 4.78 is 5.96. The Balaban J connectivity index is 2.09. The summed E-state index contributed by atoms with van der Waals surface area (Å²) in [5.41, 5.74) is 0.630. The molecule has 1 atom stereocenters. The molecule has 4 heteroatoms. The fourth-order valence-corrected chi connectivity index (χ4v) is 2.74. The molecule has 20 heavy (non-hydrogen) atoms. The van der Waals surface area contributed by atoms with Gasteiger partial charge in [-0.15, -0.1) is 0 Å². The second kappa shape index (κ2) is 4.80. The number of ether oxygens (including phenoxy) is 1. The minimum absolute atomic E-state index is 0.00888. The molecule has 2 aromatic rings. The SMILES string of the molecule is CC1(c2ccccc2)Oc2cc(Cl)c(Cl)cc2CC1=O. The van der Waals surface area contributed by atoms with Gasteiger partial charge in [0.2, 0.25) is 0 Å². The van der Waals surface area contributed by atoms with Crippen molar-refractivity contribution < 1.29 is 9.53 Å². The topological polar surface area (TPSA) is 26.3 Å². The van der Waals surface area contributed by atoms with Gasteiger partial charge in [0.15, 0.2) is 11.4 Å². The molecule has 0 aliphatic carbocycles. The molecule has 0 bridgehead atoms. The fourth-order valence-electron chi connectivity index (χ4n) is 2.40. The number of halogens is 2. The molecule has 0 fully saturated rings. The third-order valence-corrected chi connectivity index (χ3v) is 4.35. The molecule has 0 spiro atoms. The highest BCUT2D eigenvalue weighted by atomic mass is 35.5. The van der Waals surface area contributed by atoms with Gasteiger partial charge in [-0.25, -0.2) is 0 Å².